The van der Waals surface area contributed by atoms with Gasteiger partial charge in [-0.05, 0) is 52.1 Å². The zero-order valence-electron chi connectivity index (χ0n) is 23.1. The highest BCUT2D eigenvalue weighted by atomic mass is 16.5. The third kappa shape index (κ3) is 8.27. The number of aliphatic carboxylic acids is 2. The van der Waals surface area contributed by atoms with E-state index in [9.17, 15) is 19.2 Å². The minimum absolute atomic E-state index is 0.271. The van der Waals surface area contributed by atoms with Crippen molar-refractivity contribution in [3.8, 4) is 16.9 Å². The van der Waals surface area contributed by atoms with E-state index in [4.69, 9.17) is 14.9 Å². The van der Waals surface area contributed by atoms with Crippen molar-refractivity contribution in [2.24, 2.45) is 0 Å². The van der Waals surface area contributed by atoms with Crippen molar-refractivity contribution in [2.45, 2.75) is 5.92 Å². The lowest BCUT2D eigenvalue weighted by Gasteiger charge is -2.21. The third-order valence-electron chi connectivity index (χ3n) is 6.43. The van der Waals surface area contributed by atoms with Crippen LogP contribution in [0.1, 0.15) is 22.6 Å². The van der Waals surface area contributed by atoms with Gasteiger partial charge in [-0.3, -0.25) is 9.59 Å². The Morgan fingerprint density at radius 3 is 1.70 bits per heavy atom. The predicted octanol–water partition coefficient (Wildman–Crippen LogP) is 5.70. The molecule has 0 aliphatic carbocycles. The van der Waals surface area contributed by atoms with Gasteiger partial charge in [0.25, 0.3) is 0 Å². The smallest absolute Gasteiger partial charge is 0.328 e. The average molecular weight is 577 g/mol. The van der Waals surface area contributed by atoms with Crippen molar-refractivity contribution in [2.75, 3.05) is 17.7 Å². The van der Waals surface area contributed by atoms with E-state index in [1.165, 1.54) is 7.11 Å². The summed E-state index contributed by atoms with van der Waals surface area (Å²) in [5, 5.41) is 22.8. The van der Waals surface area contributed by atoms with Gasteiger partial charge in [0, 0.05) is 35.9 Å². The molecule has 4 N–H and O–H groups in total. The monoisotopic (exact) mass is 576 g/mol. The van der Waals surface area contributed by atoms with Gasteiger partial charge in [0.1, 0.15) is 5.75 Å². The van der Waals surface area contributed by atoms with E-state index < -0.39 is 23.8 Å². The van der Waals surface area contributed by atoms with E-state index in [-0.39, 0.29) is 5.92 Å². The molecular weight excluding hydrogens is 548 g/mol. The van der Waals surface area contributed by atoms with Crippen LogP contribution in [0, 0.1) is 0 Å². The van der Waals surface area contributed by atoms with Gasteiger partial charge in [-0.2, -0.15) is 0 Å². The topological polar surface area (TPSA) is 142 Å². The molecule has 1 atom stereocenters. The van der Waals surface area contributed by atoms with Crippen molar-refractivity contribution in [3.05, 3.63) is 138 Å². The fourth-order valence-electron chi connectivity index (χ4n) is 4.48. The first kappa shape index (κ1) is 30.0. The fourth-order valence-corrected chi connectivity index (χ4v) is 4.48. The molecule has 0 spiro atoms. The number of carboxylic acids is 2. The first-order valence-corrected chi connectivity index (χ1v) is 13.1. The molecule has 0 radical (unpaired) electrons. The fraction of sp³-hybridized carbons (Fsp3) is 0.0588. The molecule has 4 aromatic carbocycles. The van der Waals surface area contributed by atoms with Crippen LogP contribution in [0.2, 0.25) is 0 Å². The van der Waals surface area contributed by atoms with E-state index in [2.05, 4.69) is 10.6 Å². The summed E-state index contributed by atoms with van der Waals surface area (Å²) in [7, 11) is 1.47. The van der Waals surface area contributed by atoms with E-state index in [0.29, 0.717) is 17.1 Å². The van der Waals surface area contributed by atoms with Crippen molar-refractivity contribution >= 4 is 35.1 Å². The summed E-state index contributed by atoms with van der Waals surface area (Å²) in [6, 6.07) is 30.7. The van der Waals surface area contributed by atoms with Crippen molar-refractivity contribution in [1.29, 1.82) is 0 Å². The number of carbonyl (C=O) groups is 4. The number of anilines is 2. The number of carbonyl (C=O) groups excluding carboxylic acids is 2. The number of benzene rings is 4. The molecule has 216 valence electrons. The molecule has 4 rings (SSSR count). The van der Waals surface area contributed by atoms with Gasteiger partial charge in [0.2, 0.25) is 11.8 Å². The number of methoxy groups -OCH3 is 1. The minimum Gasteiger partial charge on any atom is -0.495 e. The molecule has 0 aromatic heterocycles. The Kier molecular flexibility index (Phi) is 9.83. The summed E-state index contributed by atoms with van der Waals surface area (Å²) in [5.74, 6) is -3.52. The molecule has 0 heterocycles. The number of rotatable bonds is 11. The largest absolute Gasteiger partial charge is 0.495 e. The molecule has 0 saturated carbocycles. The van der Waals surface area contributed by atoms with Gasteiger partial charge in [-0.1, -0.05) is 72.8 Å². The second-order valence-electron chi connectivity index (χ2n) is 9.32. The van der Waals surface area contributed by atoms with Crippen LogP contribution in [0.4, 0.5) is 11.4 Å². The molecule has 0 fully saturated rings. The summed E-state index contributed by atoms with van der Waals surface area (Å²) >= 11 is 0. The Bertz CT molecular complexity index is 1680. The van der Waals surface area contributed by atoms with Crippen LogP contribution in [-0.2, 0) is 19.2 Å². The van der Waals surface area contributed by atoms with E-state index in [1.54, 1.807) is 24.3 Å². The lowest BCUT2D eigenvalue weighted by atomic mass is 9.84. The molecule has 0 bridgehead atoms. The maximum atomic E-state index is 12.2. The van der Waals surface area contributed by atoms with Gasteiger partial charge >= 0.3 is 11.9 Å². The number of nitrogens with one attached hydrogen (secondary N) is 2. The molecule has 0 aliphatic heterocycles. The molecule has 0 saturated heterocycles. The third-order valence-corrected chi connectivity index (χ3v) is 6.43. The van der Waals surface area contributed by atoms with E-state index in [1.807, 2.05) is 72.8 Å². The maximum Gasteiger partial charge on any atom is 0.328 e. The van der Waals surface area contributed by atoms with Crippen molar-refractivity contribution in [1.82, 2.24) is 0 Å². The molecule has 0 aliphatic rings. The van der Waals surface area contributed by atoms with Crippen LogP contribution in [0.15, 0.2) is 121 Å². The minimum atomic E-state index is -1.24. The molecule has 43 heavy (non-hydrogen) atoms. The number of carboxylic acid groups (broad SMARTS) is 2. The number of amides is 2. The van der Waals surface area contributed by atoms with Crippen LogP contribution >= 0.6 is 0 Å². The van der Waals surface area contributed by atoms with Crippen LogP contribution in [-0.4, -0.2) is 41.1 Å². The van der Waals surface area contributed by atoms with Crippen molar-refractivity contribution in [3.63, 3.8) is 0 Å². The Balaban J connectivity index is 1.70. The Hall–Kier alpha value is -5.96. The Labute approximate surface area is 247 Å². The highest BCUT2D eigenvalue weighted by Gasteiger charge is 2.20. The first-order chi connectivity index (χ1) is 20.7. The second kappa shape index (κ2) is 14.1. The van der Waals surface area contributed by atoms with Gasteiger partial charge in [0.15, 0.2) is 0 Å². The van der Waals surface area contributed by atoms with E-state index in [0.717, 1.165) is 52.1 Å². The Morgan fingerprint density at radius 2 is 1.14 bits per heavy atom. The number of ether oxygens (including phenoxy) is 1. The molecule has 9 heteroatoms. The molecule has 2 amide bonds. The van der Waals surface area contributed by atoms with Crippen LogP contribution in [0.3, 0.4) is 0 Å². The van der Waals surface area contributed by atoms with Gasteiger partial charge in [0.05, 0.1) is 12.8 Å². The summed E-state index contributed by atoms with van der Waals surface area (Å²) in [5.41, 5.74) is 5.73. The lowest BCUT2D eigenvalue weighted by molar-refractivity contribution is -0.132. The predicted molar refractivity (Wildman–Crippen MR) is 163 cm³/mol. The molecule has 9 nitrogen and oxygen atoms in total. The SMILES string of the molecule is COc1cc(C(c2ccc(NC(=O)/C=C/C(=O)O)cc2)c2ccc(-c3ccccc3)cc2)ccc1NC(=O)/C=C/C(=O)O. The van der Waals surface area contributed by atoms with Crippen LogP contribution < -0.4 is 15.4 Å². The number of hydrogen-bond donors (Lipinski definition) is 4. The molecule has 4 aromatic rings. The molecule has 1 unspecified atom stereocenters. The van der Waals surface area contributed by atoms with Crippen molar-refractivity contribution < 1.29 is 34.1 Å². The molecular formula is C34H28N2O7. The zero-order valence-corrected chi connectivity index (χ0v) is 23.1. The quantitative estimate of drug-likeness (QED) is 0.133. The van der Waals surface area contributed by atoms with Gasteiger partial charge in [-0.15, -0.1) is 0 Å². The summed E-state index contributed by atoms with van der Waals surface area (Å²) in [6.45, 7) is 0. The van der Waals surface area contributed by atoms with Crippen LogP contribution in [0.25, 0.3) is 11.1 Å². The normalized spacial score (nSPS) is 11.7. The van der Waals surface area contributed by atoms with E-state index >= 15 is 0 Å². The highest BCUT2D eigenvalue weighted by Crippen LogP contribution is 2.37. The Morgan fingerprint density at radius 1 is 0.628 bits per heavy atom. The second-order valence-corrected chi connectivity index (χ2v) is 9.32. The zero-order chi connectivity index (χ0) is 30.8. The summed E-state index contributed by atoms with van der Waals surface area (Å²) in [4.78, 5) is 45.7. The maximum absolute atomic E-state index is 12.2. The summed E-state index contributed by atoms with van der Waals surface area (Å²) in [6.07, 6.45) is 3.38. The number of hydrogen-bond acceptors (Lipinski definition) is 5. The van der Waals surface area contributed by atoms with Gasteiger partial charge in [-0.25, -0.2) is 9.59 Å². The van der Waals surface area contributed by atoms with Crippen LogP contribution in [0.5, 0.6) is 5.75 Å². The standard InChI is InChI=1S/C34H28N2O7/c1-43-29-21-26(13-16-28(29)36-31(38)18-20-33(41)42)34(24-9-7-23(8-10-24)22-5-3-2-4-6-22)25-11-14-27(15-12-25)35-30(37)17-19-32(39)40/h2-21,34H,1H3,(H,35,37)(H,36,38)(H,39,40)(H,41,42)/b19-17+,20-18+. The first-order valence-electron chi connectivity index (χ1n) is 13.1. The highest BCUT2D eigenvalue weighted by molar-refractivity contribution is 6.03. The lowest BCUT2D eigenvalue weighted by Crippen LogP contribution is -2.11. The summed E-state index contributed by atoms with van der Waals surface area (Å²) < 4.78 is 5.56. The average Bonchev–Trinajstić information content (AvgIpc) is 3.01. The van der Waals surface area contributed by atoms with Gasteiger partial charge < -0.3 is 25.6 Å².